The van der Waals surface area contributed by atoms with Crippen LogP contribution in [0.3, 0.4) is 0 Å². The molecule has 0 unspecified atom stereocenters. The van der Waals surface area contributed by atoms with Crippen molar-refractivity contribution in [3.8, 4) is 17.2 Å². The van der Waals surface area contributed by atoms with Crippen LogP contribution in [0.25, 0.3) is 10.8 Å². The third kappa shape index (κ3) is 6.19. The molecule has 4 aromatic rings. The molecule has 0 saturated heterocycles. The molecule has 190 valence electrons. The van der Waals surface area contributed by atoms with Gasteiger partial charge in [0, 0.05) is 11.9 Å². The van der Waals surface area contributed by atoms with Crippen LogP contribution in [0.15, 0.2) is 84.9 Å². The molecule has 1 atom stereocenters. The van der Waals surface area contributed by atoms with Crippen LogP contribution < -0.4 is 24.8 Å². The SMILES string of the molecule is COc1ccc(CCNC(=O)c2ccccc2NC(=O)[C@H](C)Oc2cccc3ccccc23)cc1OC. The van der Waals surface area contributed by atoms with E-state index in [2.05, 4.69) is 10.6 Å². The van der Waals surface area contributed by atoms with Crippen LogP contribution in [0.1, 0.15) is 22.8 Å². The Morgan fingerprint density at radius 3 is 2.35 bits per heavy atom. The topological polar surface area (TPSA) is 85.9 Å². The van der Waals surface area contributed by atoms with Gasteiger partial charge in [-0.05, 0) is 54.6 Å². The van der Waals surface area contributed by atoms with Crippen molar-refractivity contribution >= 4 is 28.3 Å². The van der Waals surface area contributed by atoms with E-state index in [1.807, 2.05) is 60.7 Å². The van der Waals surface area contributed by atoms with Gasteiger partial charge in [-0.15, -0.1) is 0 Å². The predicted molar refractivity (Wildman–Crippen MR) is 145 cm³/mol. The summed E-state index contributed by atoms with van der Waals surface area (Å²) >= 11 is 0. The van der Waals surface area contributed by atoms with E-state index in [4.69, 9.17) is 14.2 Å². The Labute approximate surface area is 216 Å². The highest BCUT2D eigenvalue weighted by atomic mass is 16.5. The summed E-state index contributed by atoms with van der Waals surface area (Å²) < 4.78 is 16.6. The molecule has 2 amide bonds. The lowest BCUT2D eigenvalue weighted by atomic mass is 10.1. The summed E-state index contributed by atoms with van der Waals surface area (Å²) in [6.07, 6.45) is -0.164. The summed E-state index contributed by atoms with van der Waals surface area (Å²) in [5.41, 5.74) is 1.80. The number of rotatable bonds is 10. The highest BCUT2D eigenvalue weighted by Crippen LogP contribution is 2.28. The smallest absolute Gasteiger partial charge is 0.265 e. The van der Waals surface area contributed by atoms with Crippen LogP contribution in [-0.4, -0.2) is 38.7 Å². The summed E-state index contributed by atoms with van der Waals surface area (Å²) in [6, 6.07) is 26.1. The summed E-state index contributed by atoms with van der Waals surface area (Å²) in [5, 5.41) is 7.72. The van der Waals surface area contributed by atoms with Crippen molar-refractivity contribution in [2.24, 2.45) is 0 Å². The molecule has 0 bridgehead atoms. The fourth-order valence-electron chi connectivity index (χ4n) is 4.02. The molecule has 0 saturated carbocycles. The van der Waals surface area contributed by atoms with Crippen molar-refractivity contribution in [1.82, 2.24) is 5.32 Å². The molecule has 7 heteroatoms. The predicted octanol–water partition coefficient (Wildman–Crippen LogP) is 5.24. The van der Waals surface area contributed by atoms with Gasteiger partial charge in [0.2, 0.25) is 0 Å². The molecule has 4 rings (SSSR count). The van der Waals surface area contributed by atoms with Crippen molar-refractivity contribution in [2.45, 2.75) is 19.4 Å². The van der Waals surface area contributed by atoms with Gasteiger partial charge in [-0.3, -0.25) is 9.59 Å². The zero-order valence-electron chi connectivity index (χ0n) is 21.1. The molecule has 4 aromatic carbocycles. The second-order valence-corrected chi connectivity index (χ2v) is 8.47. The first-order valence-electron chi connectivity index (χ1n) is 12.0. The number of fused-ring (bicyclic) bond motifs is 1. The summed E-state index contributed by atoms with van der Waals surface area (Å²) in [5.74, 6) is 1.29. The average molecular weight is 499 g/mol. The number of hydrogen-bond donors (Lipinski definition) is 2. The van der Waals surface area contributed by atoms with Gasteiger partial charge in [-0.1, -0.05) is 54.6 Å². The number of anilines is 1. The van der Waals surface area contributed by atoms with E-state index < -0.39 is 6.10 Å². The zero-order chi connectivity index (χ0) is 26.2. The molecule has 37 heavy (non-hydrogen) atoms. The van der Waals surface area contributed by atoms with Crippen LogP contribution in [-0.2, 0) is 11.2 Å². The second-order valence-electron chi connectivity index (χ2n) is 8.47. The number of methoxy groups -OCH3 is 2. The molecule has 0 radical (unpaired) electrons. The lowest BCUT2D eigenvalue weighted by Crippen LogP contribution is -2.32. The highest BCUT2D eigenvalue weighted by Gasteiger charge is 2.19. The lowest BCUT2D eigenvalue weighted by Gasteiger charge is -2.17. The number of amides is 2. The largest absolute Gasteiger partial charge is 0.493 e. The number of nitrogens with one attached hydrogen (secondary N) is 2. The highest BCUT2D eigenvalue weighted by molar-refractivity contribution is 6.04. The quantitative estimate of drug-likeness (QED) is 0.313. The fraction of sp³-hybridized carbons (Fsp3) is 0.200. The number of carbonyl (C=O) groups is 2. The van der Waals surface area contributed by atoms with E-state index in [1.165, 1.54) is 0 Å². The fourth-order valence-corrected chi connectivity index (χ4v) is 4.02. The summed E-state index contributed by atoms with van der Waals surface area (Å²) in [4.78, 5) is 25.9. The Hall–Kier alpha value is -4.52. The average Bonchev–Trinajstić information content (AvgIpc) is 2.93. The molecular weight excluding hydrogens is 468 g/mol. The van der Waals surface area contributed by atoms with Gasteiger partial charge in [0.15, 0.2) is 17.6 Å². The molecule has 0 aliphatic rings. The Balaban J connectivity index is 1.38. The minimum atomic E-state index is -0.771. The maximum absolute atomic E-state index is 12.9. The van der Waals surface area contributed by atoms with Crippen LogP contribution in [0.4, 0.5) is 5.69 Å². The van der Waals surface area contributed by atoms with Gasteiger partial charge in [0.05, 0.1) is 25.5 Å². The van der Waals surface area contributed by atoms with Crippen LogP contribution in [0.2, 0.25) is 0 Å². The summed E-state index contributed by atoms with van der Waals surface area (Å²) in [6.45, 7) is 2.10. The number of carbonyl (C=O) groups excluding carboxylic acids is 2. The van der Waals surface area contributed by atoms with E-state index in [9.17, 15) is 9.59 Å². The maximum Gasteiger partial charge on any atom is 0.265 e. The molecule has 0 aromatic heterocycles. The van der Waals surface area contributed by atoms with Crippen molar-refractivity contribution in [1.29, 1.82) is 0 Å². The van der Waals surface area contributed by atoms with E-state index in [0.717, 1.165) is 16.3 Å². The second kappa shape index (κ2) is 11.9. The molecule has 0 aliphatic heterocycles. The number of para-hydroxylation sites is 1. The molecule has 0 heterocycles. The first-order valence-corrected chi connectivity index (χ1v) is 12.0. The molecular formula is C30H30N2O5. The Kier molecular flexibility index (Phi) is 8.26. The lowest BCUT2D eigenvalue weighted by molar-refractivity contribution is -0.122. The van der Waals surface area contributed by atoms with E-state index in [-0.39, 0.29) is 11.8 Å². The van der Waals surface area contributed by atoms with Gasteiger partial charge in [-0.25, -0.2) is 0 Å². The van der Waals surface area contributed by atoms with Crippen LogP contribution in [0, 0.1) is 0 Å². The Morgan fingerprint density at radius 1 is 0.811 bits per heavy atom. The maximum atomic E-state index is 12.9. The van der Waals surface area contributed by atoms with Gasteiger partial charge in [0.25, 0.3) is 11.8 Å². The standard InChI is InChI=1S/C30H30N2O5/c1-20(37-26-14-8-10-22-9-4-5-11-23(22)26)29(33)32-25-13-7-6-12-24(25)30(34)31-18-17-21-15-16-27(35-2)28(19-21)36-3/h4-16,19-20H,17-18H2,1-3H3,(H,31,34)(H,32,33)/t20-/m0/s1. The molecule has 0 fully saturated rings. The minimum absolute atomic E-state index is 0.279. The number of benzene rings is 4. The first kappa shape index (κ1) is 25.6. The Bertz CT molecular complexity index is 1400. The number of ether oxygens (including phenoxy) is 3. The van der Waals surface area contributed by atoms with Gasteiger partial charge >= 0.3 is 0 Å². The van der Waals surface area contributed by atoms with Crippen LogP contribution >= 0.6 is 0 Å². The van der Waals surface area contributed by atoms with Crippen LogP contribution in [0.5, 0.6) is 17.2 Å². The van der Waals surface area contributed by atoms with Crippen molar-refractivity contribution < 1.29 is 23.8 Å². The molecule has 2 N–H and O–H groups in total. The summed E-state index contributed by atoms with van der Waals surface area (Å²) in [7, 11) is 3.17. The van der Waals surface area contributed by atoms with E-state index in [0.29, 0.717) is 41.5 Å². The van der Waals surface area contributed by atoms with Crippen molar-refractivity contribution in [3.63, 3.8) is 0 Å². The van der Waals surface area contributed by atoms with Gasteiger partial charge in [0.1, 0.15) is 5.75 Å². The van der Waals surface area contributed by atoms with Gasteiger partial charge in [-0.2, -0.15) is 0 Å². The minimum Gasteiger partial charge on any atom is -0.493 e. The van der Waals surface area contributed by atoms with Crippen molar-refractivity contribution in [2.75, 3.05) is 26.1 Å². The van der Waals surface area contributed by atoms with Gasteiger partial charge < -0.3 is 24.8 Å². The number of hydrogen-bond acceptors (Lipinski definition) is 5. The Morgan fingerprint density at radius 2 is 1.54 bits per heavy atom. The third-order valence-corrected chi connectivity index (χ3v) is 6.00. The zero-order valence-corrected chi connectivity index (χ0v) is 21.1. The van der Waals surface area contributed by atoms with E-state index in [1.54, 1.807) is 45.4 Å². The molecule has 7 nitrogen and oxygen atoms in total. The van der Waals surface area contributed by atoms with E-state index >= 15 is 0 Å². The monoisotopic (exact) mass is 498 g/mol. The first-order chi connectivity index (χ1) is 18.0. The molecule has 0 aliphatic carbocycles. The third-order valence-electron chi connectivity index (χ3n) is 6.00. The van der Waals surface area contributed by atoms with Crippen molar-refractivity contribution in [3.05, 3.63) is 96.1 Å². The normalized spacial score (nSPS) is 11.4. The molecule has 0 spiro atoms.